The molecule has 9 heteroatoms. The second kappa shape index (κ2) is 10.2. The van der Waals surface area contributed by atoms with Crippen LogP contribution in [0, 0.1) is 11.8 Å². The summed E-state index contributed by atoms with van der Waals surface area (Å²) in [5.41, 5.74) is 6.29. The summed E-state index contributed by atoms with van der Waals surface area (Å²) in [7, 11) is 0. The quantitative estimate of drug-likeness (QED) is 0.802. The van der Waals surface area contributed by atoms with E-state index in [1.807, 2.05) is 19.9 Å². The Hall–Kier alpha value is -1.70. The van der Waals surface area contributed by atoms with Crippen LogP contribution in [-0.4, -0.2) is 27.6 Å². The first kappa shape index (κ1) is 22.3. The van der Waals surface area contributed by atoms with Gasteiger partial charge in [-0.2, -0.15) is 4.98 Å². The molecule has 2 aromatic heterocycles. The molecule has 0 aliphatic carbocycles. The molecule has 0 aliphatic heterocycles. The van der Waals surface area contributed by atoms with Gasteiger partial charge in [0.25, 0.3) is 0 Å². The predicted molar refractivity (Wildman–Crippen MR) is 96.0 cm³/mol. The third-order valence-corrected chi connectivity index (χ3v) is 3.39. The maximum atomic E-state index is 12.0. The normalized spacial score (nSPS) is 12.7. The molecule has 134 valence electrons. The number of aromatic nitrogens is 3. The van der Waals surface area contributed by atoms with Crippen molar-refractivity contribution in [2.45, 2.75) is 26.8 Å². The van der Waals surface area contributed by atoms with Crippen molar-refractivity contribution in [2.24, 2.45) is 17.6 Å². The molecular formula is C15H23Cl2N5O2. The van der Waals surface area contributed by atoms with Gasteiger partial charge in [0.15, 0.2) is 0 Å². The average molecular weight is 376 g/mol. The van der Waals surface area contributed by atoms with Crippen LogP contribution in [0.3, 0.4) is 0 Å². The van der Waals surface area contributed by atoms with Crippen LogP contribution in [0.1, 0.15) is 32.7 Å². The van der Waals surface area contributed by atoms with Crippen LogP contribution in [0.25, 0.3) is 11.4 Å². The number of nitrogens with two attached hydrogens (primary N) is 1. The molecule has 0 aromatic carbocycles. The van der Waals surface area contributed by atoms with E-state index >= 15 is 0 Å². The van der Waals surface area contributed by atoms with Gasteiger partial charge in [-0.15, -0.1) is 24.8 Å². The summed E-state index contributed by atoms with van der Waals surface area (Å²) in [6, 6.07) is 3.30. The Kier molecular flexibility index (Phi) is 9.50. The molecular weight excluding hydrogens is 353 g/mol. The number of amides is 1. The van der Waals surface area contributed by atoms with Crippen molar-refractivity contribution in [1.29, 1.82) is 0 Å². The molecule has 1 amide bonds. The third-order valence-electron chi connectivity index (χ3n) is 3.39. The maximum absolute atomic E-state index is 12.0. The fourth-order valence-electron chi connectivity index (χ4n) is 1.89. The summed E-state index contributed by atoms with van der Waals surface area (Å²) in [5.74, 6) is 0.557. The molecule has 24 heavy (non-hydrogen) atoms. The van der Waals surface area contributed by atoms with Gasteiger partial charge in [-0.1, -0.05) is 25.9 Å². The molecule has 0 radical (unpaired) electrons. The van der Waals surface area contributed by atoms with Gasteiger partial charge in [-0.3, -0.25) is 9.78 Å². The minimum absolute atomic E-state index is 0. The molecule has 0 saturated heterocycles. The second-order valence-electron chi connectivity index (χ2n) is 5.56. The summed E-state index contributed by atoms with van der Waals surface area (Å²) in [6.45, 7) is 6.03. The van der Waals surface area contributed by atoms with E-state index in [1.165, 1.54) is 0 Å². The molecule has 2 atom stereocenters. The fraction of sp³-hybridized carbons (Fsp3) is 0.467. The number of nitrogens with one attached hydrogen (secondary N) is 1. The van der Waals surface area contributed by atoms with Gasteiger partial charge in [0.2, 0.25) is 17.6 Å². The minimum atomic E-state index is -0.348. The van der Waals surface area contributed by atoms with Gasteiger partial charge < -0.3 is 15.6 Å². The van der Waals surface area contributed by atoms with Gasteiger partial charge in [0, 0.05) is 30.4 Å². The Bertz CT molecular complexity index is 621. The van der Waals surface area contributed by atoms with Crippen LogP contribution in [0.4, 0.5) is 0 Å². The zero-order valence-corrected chi connectivity index (χ0v) is 15.4. The van der Waals surface area contributed by atoms with Crippen LogP contribution in [0.2, 0.25) is 0 Å². The minimum Gasteiger partial charge on any atom is -0.344 e. The number of nitrogens with zero attached hydrogens (tertiary/aromatic N) is 3. The number of carbonyl (C=O) groups excluding carboxylic acids is 1. The van der Waals surface area contributed by atoms with Crippen molar-refractivity contribution < 1.29 is 9.32 Å². The van der Waals surface area contributed by atoms with E-state index in [4.69, 9.17) is 10.3 Å². The predicted octanol–water partition coefficient (Wildman–Crippen LogP) is 2.38. The summed E-state index contributed by atoms with van der Waals surface area (Å²) in [4.78, 5) is 20.5. The van der Waals surface area contributed by atoms with Gasteiger partial charge >= 0.3 is 0 Å². The highest BCUT2D eigenvalue weighted by Gasteiger charge is 2.26. The van der Waals surface area contributed by atoms with Crippen molar-refractivity contribution in [3.05, 3.63) is 30.4 Å². The third kappa shape index (κ3) is 5.43. The fourth-order valence-corrected chi connectivity index (χ4v) is 1.89. The first-order chi connectivity index (χ1) is 10.5. The van der Waals surface area contributed by atoms with E-state index in [0.29, 0.717) is 18.3 Å². The number of rotatable bonds is 6. The molecule has 2 aromatic rings. The van der Waals surface area contributed by atoms with Crippen LogP contribution >= 0.6 is 24.8 Å². The summed E-state index contributed by atoms with van der Waals surface area (Å²) < 4.78 is 5.32. The zero-order chi connectivity index (χ0) is 16.1. The van der Waals surface area contributed by atoms with Gasteiger partial charge in [0.05, 0.1) is 0 Å². The first-order valence-electron chi connectivity index (χ1n) is 7.27. The highest BCUT2D eigenvalue weighted by molar-refractivity contribution is 5.85. The van der Waals surface area contributed by atoms with E-state index < -0.39 is 0 Å². The molecule has 3 N–H and O–H groups in total. The smallest absolute Gasteiger partial charge is 0.249 e. The lowest BCUT2D eigenvalue weighted by atomic mass is 10.0. The Morgan fingerprint density at radius 2 is 2.04 bits per heavy atom. The number of carbonyl (C=O) groups is 1. The van der Waals surface area contributed by atoms with Crippen LogP contribution < -0.4 is 11.1 Å². The van der Waals surface area contributed by atoms with E-state index in [1.54, 1.807) is 25.4 Å². The van der Waals surface area contributed by atoms with Crippen molar-refractivity contribution in [3.8, 4) is 11.4 Å². The molecule has 7 nitrogen and oxygen atoms in total. The molecule has 0 spiro atoms. The van der Waals surface area contributed by atoms with Crippen molar-refractivity contribution in [2.75, 3.05) is 6.54 Å². The summed E-state index contributed by atoms with van der Waals surface area (Å²) in [6.07, 6.45) is 3.34. The van der Waals surface area contributed by atoms with Crippen molar-refractivity contribution in [1.82, 2.24) is 20.4 Å². The van der Waals surface area contributed by atoms with Crippen molar-refractivity contribution >= 4 is 30.7 Å². The highest BCUT2D eigenvalue weighted by atomic mass is 35.5. The van der Waals surface area contributed by atoms with Gasteiger partial charge in [0.1, 0.15) is 6.04 Å². The Morgan fingerprint density at radius 3 is 2.58 bits per heavy atom. The summed E-state index contributed by atoms with van der Waals surface area (Å²) >= 11 is 0. The molecule has 0 fully saturated rings. The molecule has 2 heterocycles. The monoisotopic (exact) mass is 375 g/mol. The van der Waals surface area contributed by atoms with Crippen LogP contribution in [0.5, 0.6) is 0 Å². The van der Waals surface area contributed by atoms with Crippen molar-refractivity contribution in [3.63, 3.8) is 0 Å². The lowest BCUT2D eigenvalue weighted by molar-refractivity contribution is -0.125. The molecule has 2 unspecified atom stereocenters. The molecule has 0 bridgehead atoms. The topological polar surface area (TPSA) is 107 Å². The Morgan fingerprint density at radius 1 is 1.33 bits per heavy atom. The lowest BCUT2D eigenvalue weighted by Gasteiger charge is -2.20. The molecule has 0 aliphatic rings. The number of hydrogen-bond acceptors (Lipinski definition) is 6. The van der Waals surface area contributed by atoms with E-state index in [0.717, 1.165) is 5.56 Å². The van der Waals surface area contributed by atoms with E-state index in [2.05, 4.69) is 20.4 Å². The Balaban J connectivity index is 0.00000264. The SMILES string of the molecule is CC(CN)C(=O)NC(c1nc(-c2cccnc2)no1)C(C)C.Cl.Cl. The molecule has 2 rings (SSSR count). The lowest BCUT2D eigenvalue weighted by Crippen LogP contribution is -2.38. The highest BCUT2D eigenvalue weighted by Crippen LogP contribution is 2.23. The molecule has 0 saturated carbocycles. The second-order valence-corrected chi connectivity index (χ2v) is 5.56. The maximum Gasteiger partial charge on any atom is 0.249 e. The van der Waals surface area contributed by atoms with E-state index in [-0.39, 0.29) is 48.6 Å². The standard InChI is InChI=1S/C15H21N5O2.2ClH/c1-9(2)12(18-14(21)10(3)7-16)15-19-13(20-22-15)11-5-4-6-17-8-11;;/h4-6,8-10,12H,7,16H2,1-3H3,(H,18,21);2*1H. The van der Waals surface area contributed by atoms with Crippen LogP contribution in [-0.2, 0) is 4.79 Å². The van der Waals surface area contributed by atoms with Gasteiger partial charge in [-0.05, 0) is 18.1 Å². The Labute approximate surface area is 153 Å². The average Bonchev–Trinajstić information content (AvgIpc) is 3.01. The summed E-state index contributed by atoms with van der Waals surface area (Å²) in [5, 5.41) is 6.88. The zero-order valence-electron chi connectivity index (χ0n) is 13.8. The van der Waals surface area contributed by atoms with Gasteiger partial charge in [-0.25, -0.2) is 0 Å². The number of pyridine rings is 1. The first-order valence-corrected chi connectivity index (χ1v) is 7.27. The number of halogens is 2. The number of hydrogen-bond donors (Lipinski definition) is 2. The van der Waals surface area contributed by atoms with E-state index in [9.17, 15) is 4.79 Å². The van der Waals surface area contributed by atoms with Crippen LogP contribution in [0.15, 0.2) is 29.0 Å². The largest absolute Gasteiger partial charge is 0.344 e.